The minimum absolute atomic E-state index is 0.956. The number of hydrogen-bond acceptors (Lipinski definition) is 0. The number of hydrogen-bond donors (Lipinski definition) is 0. The second-order valence-electron chi connectivity index (χ2n) is 5.63. The lowest BCUT2D eigenvalue weighted by molar-refractivity contribution is 0.828. The molecule has 0 aliphatic carbocycles. The van der Waals surface area contributed by atoms with E-state index in [1.807, 2.05) is 24.3 Å². The first kappa shape index (κ1) is 21.0. The van der Waals surface area contributed by atoms with Gasteiger partial charge in [0.1, 0.15) is 0 Å². The molecule has 0 atom stereocenters. The van der Waals surface area contributed by atoms with E-state index in [0.717, 1.165) is 36.8 Å². The monoisotopic (exact) mass is 338 g/mol. The molecule has 0 amide bonds. The molecule has 0 aliphatic heterocycles. The molecule has 0 fully saturated rings. The standard InChI is InChI=1S/C26H26/c1-3-5-7-9-11-13-15-17-19-25-21-23-26(24-22-25)20-18-16-14-12-10-8-6-4-2/h13-16,21-24H,3-8H2,1-2H3/b15-13+,16-14+. The third-order valence-electron chi connectivity index (χ3n) is 3.33. The molecule has 0 saturated heterocycles. The Labute approximate surface area is 159 Å². The average Bonchev–Trinajstić information content (AvgIpc) is 2.67. The molecule has 0 unspecified atom stereocenters. The summed E-state index contributed by atoms with van der Waals surface area (Å²) in [6.07, 6.45) is 13.8. The second kappa shape index (κ2) is 15.5. The van der Waals surface area contributed by atoms with E-state index in [0.29, 0.717) is 0 Å². The topological polar surface area (TPSA) is 0 Å². The van der Waals surface area contributed by atoms with Gasteiger partial charge in [-0.1, -0.05) is 74.1 Å². The molecule has 1 aromatic rings. The van der Waals surface area contributed by atoms with Crippen molar-refractivity contribution in [1.82, 2.24) is 0 Å². The Bertz CT molecular complexity index is 744. The van der Waals surface area contributed by atoms with Crippen molar-refractivity contribution < 1.29 is 0 Å². The van der Waals surface area contributed by atoms with Crippen molar-refractivity contribution in [3.05, 3.63) is 59.7 Å². The van der Waals surface area contributed by atoms with Crippen LogP contribution in [0.5, 0.6) is 0 Å². The molecule has 0 spiro atoms. The first-order valence-corrected chi connectivity index (χ1v) is 9.26. The first-order valence-electron chi connectivity index (χ1n) is 9.26. The predicted molar refractivity (Wildman–Crippen MR) is 113 cm³/mol. The van der Waals surface area contributed by atoms with Crippen molar-refractivity contribution in [2.45, 2.75) is 52.4 Å². The Balaban J connectivity index is 2.46. The van der Waals surface area contributed by atoms with Crippen LogP contribution in [0.1, 0.15) is 63.5 Å². The molecular formula is C26H26. The van der Waals surface area contributed by atoms with Crippen LogP contribution in [0.3, 0.4) is 0 Å². The lowest BCUT2D eigenvalue weighted by atomic mass is 10.1. The summed E-state index contributed by atoms with van der Waals surface area (Å²) in [4.78, 5) is 0. The van der Waals surface area contributed by atoms with Crippen molar-refractivity contribution in [1.29, 1.82) is 0 Å². The van der Waals surface area contributed by atoms with Crippen LogP contribution in [0.2, 0.25) is 0 Å². The Morgan fingerprint density at radius 2 is 1.00 bits per heavy atom. The van der Waals surface area contributed by atoms with Gasteiger partial charge in [-0.05, 0) is 61.4 Å². The van der Waals surface area contributed by atoms with E-state index >= 15 is 0 Å². The zero-order valence-electron chi connectivity index (χ0n) is 15.9. The maximum absolute atomic E-state index is 3.10. The summed E-state index contributed by atoms with van der Waals surface area (Å²) in [6.45, 7) is 4.34. The van der Waals surface area contributed by atoms with E-state index in [1.165, 1.54) is 12.8 Å². The largest absolute Gasteiger partial charge is 0.0985 e. The number of unbranched alkanes of at least 4 members (excludes halogenated alkanes) is 4. The highest BCUT2D eigenvalue weighted by Crippen LogP contribution is 2.01. The number of allylic oxidation sites excluding steroid dienone is 4. The fraction of sp³-hybridized carbons (Fsp3) is 0.308. The van der Waals surface area contributed by atoms with Gasteiger partial charge in [-0.15, -0.1) is 0 Å². The SMILES string of the molecule is CCCCC#C/C=C/C#Cc1ccc(C#C/C=C/C#CCCCC)cc1. The van der Waals surface area contributed by atoms with Gasteiger partial charge in [0.2, 0.25) is 0 Å². The van der Waals surface area contributed by atoms with Crippen LogP contribution in [0.25, 0.3) is 0 Å². The van der Waals surface area contributed by atoms with E-state index in [4.69, 9.17) is 0 Å². The number of benzene rings is 1. The Morgan fingerprint density at radius 1 is 0.615 bits per heavy atom. The molecule has 0 heteroatoms. The smallest absolute Gasteiger partial charge is 0.0249 e. The molecule has 0 aromatic heterocycles. The van der Waals surface area contributed by atoms with Gasteiger partial charge < -0.3 is 0 Å². The van der Waals surface area contributed by atoms with Crippen LogP contribution >= 0.6 is 0 Å². The zero-order chi connectivity index (χ0) is 18.7. The van der Waals surface area contributed by atoms with Gasteiger partial charge in [0.05, 0.1) is 0 Å². The summed E-state index contributed by atoms with van der Waals surface area (Å²) in [7, 11) is 0. The molecule has 1 aromatic carbocycles. The van der Waals surface area contributed by atoms with Crippen LogP contribution in [0.15, 0.2) is 48.6 Å². The molecule has 0 bridgehead atoms. The van der Waals surface area contributed by atoms with Crippen LogP contribution in [-0.2, 0) is 0 Å². The van der Waals surface area contributed by atoms with E-state index in [-0.39, 0.29) is 0 Å². The first-order chi connectivity index (χ1) is 12.9. The molecule has 26 heavy (non-hydrogen) atoms. The van der Waals surface area contributed by atoms with Crippen molar-refractivity contribution in [2.75, 3.05) is 0 Å². The second-order valence-corrected chi connectivity index (χ2v) is 5.63. The maximum atomic E-state index is 3.10. The fourth-order valence-corrected chi connectivity index (χ4v) is 1.85. The van der Waals surface area contributed by atoms with Gasteiger partial charge in [-0.2, -0.15) is 0 Å². The molecule has 0 radical (unpaired) electrons. The molecule has 0 heterocycles. The van der Waals surface area contributed by atoms with Gasteiger partial charge in [-0.3, -0.25) is 0 Å². The lowest BCUT2D eigenvalue weighted by Crippen LogP contribution is -1.76. The third kappa shape index (κ3) is 11.5. The van der Waals surface area contributed by atoms with Crippen LogP contribution in [-0.4, -0.2) is 0 Å². The number of rotatable bonds is 4. The summed E-state index contributed by atoms with van der Waals surface area (Å²) in [5.41, 5.74) is 1.94. The molecular weight excluding hydrogens is 312 g/mol. The summed E-state index contributed by atoms with van der Waals surface area (Å²) in [6, 6.07) is 7.91. The molecule has 1 rings (SSSR count). The van der Waals surface area contributed by atoms with Crippen molar-refractivity contribution in [3.8, 4) is 47.4 Å². The van der Waals surface area contributed by atoms with E-state index in [2.05, 4.69) is 61.2 Å². The molecule has 0 nitrogen and oxygen atoms in total. The van der Waals surface area contributed by atoms with Crippen LogP contribution in [0, 0.1) is 47.4 Å². The minimum Gasteiger partial charge on any atom is -0.0985 e. The Kier molecular flexibility index (Phi) is 12.5. The van der Waals surface area contributed by atoms with Gasteiger partial charge in [0.25, 0.3) is 0 Å². The molecule has 0 aliphatic rings. The Hall–Kier alpha value is -3.06. The van der Waals surface area contributed by atoms with Gasteiger partial charge >= 0.3 is 0 Å². The lowest BCUT2D eigenvalue weighted by Gasteiger charge is -1.90. The van der Waals surface area contributed by atoms with Gasteiger partial charge in [-0.25, -0.2) is 0 Å². The quantitative estimate of drug-likeness (QED) is 0.474. The van der Waals surface area contributed by atoms with Crippen molar-refractivity contribution in [2.24, 2.45) is 0 Å². The summed E-state index contributed by atoms with van der Waals surface area (Å²) >= 11 is 0. The van der Waals surface area contributed by atoms with Gasteiger partial charge in [0.15, 0.2) is 0 Å². The summed E-state index contributed by atoms with van der Waals surface area (Å²) < 4.78 is 0. The van der Waals surface area contributed by atoms with Crippen molar-refractivity contribution >= 4 is 0 Å². The summed E-state index contributed by atoms with van der Waals surface area (Å²) in [5.74, 6) is 24.4. The molecule has 130 valence electrons. The predicted octanol–water partition coefficient (Wildman–Crippen LogP) is 5.89. The van der Waals surface area contributed by atoms with Crippen LogP contribution < -0.4 is 0 Å². The van der Waals surface area contributed by atoms with E-state index in [9.17, 15) is 0 Å². The zero-order valence-corrected chi connectivity index (χ0v) is 15.9. The highest BCUT2D eigenvalue weighted by Gasteiger charge is 1.87. The Morgan fingerprint density at radius 3 is 1.38 bits per heavy atom. The minimum atomic E-state index is 0.956. The van der Waals surface area contributed by atoms with Gasteiger partial charge in [0, 0.05) is 24.0 Å². The summed E-state index contributed by atoms with van der Waals surface area (Å²) in [5, 5.41) is 0. The van der Waals surface area contributed by atoms with E-state index < -0.39 is 0 Å². The molecule has 0 N–H and O–H groups in total. The normalized spacial score (nSPS) is 9.31. The maximum Gasteiger partial charge on any atom is 0.0249 e. The average molecular weight is 338 g/mol. The van der Waals surface area contributed by atoms with E-state index in [1.54, 1.807) is 24.3 Å². The fourth-order valence-electron chi connectivity index (χ4n) is 1.85. The highest BCUT2D eigenvalue weighted by molar-refractivity contribution is 5.44. The third-order valence-corrected chi connectivity index (χ3v) is 3.33. The van der Waals surface area contributed by atoms with Crippen LogP contribution in [0.4, 0.5) is 0 Å². The van der Waals surface area contributed by atoms with Crippen molar-refractivity contribution in [3.63, 3.8) is 0 Å². The highest BCUT2D eigenvalue weighted by atomic mass is 13.9. The molecule has 0 saturated carbocycles.